The van der Waals surface area contributed by atoms with Crippen LogP contribution in [-0.4, -0.2) is 28.5 Å². The van der Waals surface area contributed by atoms with Crippen LogP contribution in [0.1, 0.15) is 27.8 Å². The third kappa shape index (κ3) is 4.88. The van der Waals surface area contributed by atoms with E-state index in [1.807, 2.05) is 0 Å². The van der Waals surface area contributed by atoms with Crippen molar-refractivity contribution in [3.63, 3.8) is 0 Å². The maximum Gasteiger partial charge on any atom is 0.338 e. The first-order chi connectivity index (χ1) is 13.5. The molecule has 0 spiro atoms. The zero-order valence-corrected chi connectivity index (χ0v) is 15.0. The van der Waals surface area contributed by atoms with Crippen LogP contribution in [-0.2, 0) is 4.74 Å². The van der Waals surface area contributed by atoms with E-state index in [2.05, 4.69) is 20.6 Å². The Morgan fingerprint density at radius 3 is 2.54 bits per heavy atom. The number of carbonyl (C=O) groups excluding carboxylic acids is 2. The lowest BCUT2D eigenvalue weighted by Gasteiger charge is -2.08. The van der Waals surface area contributed by atoms with Gasteiger partial charge in [0, 0.05) is 17.4 Å². The second-order valence-electron chi connectivity index (χ2n) is 5.68. The molecule has 0 aliphatic rings. The molecule has 0 bridgehead atoms. The highest BCUT2D eigenvalue weighted by Gasteiger charge is 2.10. The van der Waals surface area contributed by atoms with E-state index >= 15 is 0 Å². The van der Waals surface area contributed by atoms with Crippen molar-refractivity contribution in [1.82, 2.24) is 9.97 Å². The van der Waals surface area contributed by atoms with Crippen LogP contribution in [0.4, 0.5) is 21.6 Å². The summed E-state index contributed by atoms with van der Waals surface area (Å²) in [5.41, 5.74) is 1.55. The topological polar surface area (TPSA) is 93.2 Å². The van der Waals surface area contributed by atoms with E-state index in [0.29, 0.717) is 29.4 Å². The maximum absolute atomic E-state index is 13.2. The Hall–Kier alpha value is -3.81. The molecule has 0 atom stereocenters. The highest BCUT2D eigenvalue weighted by Crippen LogP contribution is 2.17. The minimum absolute atomic E-state index is 0.116. The molecule has 0 unspecified atom stereocenters. The van der Waals surface area contributed by atoms with Crippen molar-refractivity contribution in [2.45, 2.75) is 6.92 Å². The van der Waals surface area contributed by atoms with Crippen LogP contribution >= 0.6 is 0 Å². The van der Waals surface area contributed by atoms with Crippen LogP contribution in [0.25, 0.3) is 0 Å². The third-order valence-corrected chi connectivity index (χ3v) is 3.65. The van der Waals surface area contributed by atoms with E-state index in [1.54, 1.807) is 37.3 Å². The van der Waals surface area contributed by atoms with Crippen molar-refractivity contribution >= 4 is 29.1 Å². The molecule has 1 aromatic heterocycles. The summed E-state index contributed by atoms with van der Waals surface area (Å²) < 4.78 is 18.2. The average Bonchev–Trinajstić information content (AvgIpc) is 2.69. The molecule has 0 aliphatic heterocycles. The molecule has 1 heterocycles. The van der Waals surface area contributed by atoms with E-state index in [9.17, 15) is 14.0 Å². The first-order valence-corrected chi connectivity index (χ1v) is 8.48. The zero-order chi connectivity index (χ0) is 19.9. The number of carbonyl (C=O) groups is 2. The molecule has 28 heavy (non-hydrogen) atoms. The quantitative estimate of drug-likeness (QED) is 0.632. The summed E-state index contributed by atoms with van der Waals surface area (Å²) in [5.74, 6) is -0.946. The number of amides is 1. The number of ether oxygens (including phenoxy) is 1. The van der Waals surface area contributed by atoms with Gasteiger partial charge in [0.25, 0.3) is 5.91 Å². The monoisotopic (exact) mass is 380 g/mol. The highest BCUT2D eigenvalue weighted by molar-refractivity contribution is 6.03. The van der Waals surface area contributed by atoms with Gasteiger partial charge in [0.2, 0.25) is 0 Å². The van der Waals surface area contributed by atoms with Gasteiger partial charge in [-0.3, -0.25) is 4.79 Å². The van der Waals surface area contributed by atoms with Gasteiger partial charge >= 0.3 is 5.97 Å². The minimum atomic E-state index is -0.492. The molecular formula is C20H17FN4O3. The van der Waals surface area contributed by atoms with Gasteiger partial charge in [-0.25, -0.2) is 19.2 Å². The van der Waals surface area contributed by atoms with Crippen LogP contribution in [0.3, 0.4) is 0 Å². The van der Waals surface area contributed by atoms with Gasteiger partial charge in [-0.2, -0.15) is 0 Å². The number of anilines is 3. The van der Waals surface area contributed by atoms with E-state index in [4.69, 9.17) is 4.74 Å². The average molecular weight is 380 g/mol. The molecule has 2 N–H and O–H groups in total. The van der Waals surface area contributed by atoms with Crippen LogP contribution in [0, 0.1) is 5.82 Å². The summed E-state index contributed by atoms with van der Waals surface area (Å²) in [6, 6.07) is 13.7. The Bertz CT molecular complexity index is 993. The van der Waals surface area contributed by atoms with Gasteiger partial charge in [-0.1, -0.05) is 6.07 Å². The number of rotatable bonds is 6. The Labute approximate surface area is 160 Å². The van der Waals surface area contributed by atoms with E-state index in [-0.39, 0.29) is 5.69 Å². The van der Waals surface area contributed by atoms with E-state index in [1.165, 1.54) is 30.6 Å². The molecule has 142 valence electrons. The Morgan fingerprint density at radius 2 is 1.82 bits per heavy atom. The van der Waals surface area contributed by atoms with Gasteiger partial charge in [0.05, 0.1) is 12.2 Å². The number of benzene rings is 2. The second-order valence-corrected chi connectivity index (χ2v) is 5.68. The maximum atomic E-state index is 13.2. The van der Waals surface area contributed by atoms with Gasteiger partial charge in [0.15, 0.2) is 0 Å². The number of esters is 1. The van der Waals surface area contributed by atoms with Gasteiger partial charge < -0.3 is 15.4 Å². The molecule has 8 heteroatoms. The molecule has 0 saturated heterocycles. The summed E-state index contributed by atoms with van der Waals surface area (Å²) in [5, 5.41) is 5.60. The molecule has 1 amide bonds. The van der Waals surface area contributed by atoms with E-state index < -0.39 is 17.7 Å². The minimum Gasteiger partial charge on any atom is -0.462 e. The molecule has 3 aromatic rings. The summed E-state index contributed by atoms with van der Waals surface area (Å²) in [7, 11) is 0. The number of nitrogens with zero attached hydrogens (tertiary/aromatic N) is 2. The fourth-order valence-electron chi connectivity index (χ4n) is 2.36. The van der Waals surface area contributed by atoms with Crippen molar-refractivity contribution in [2.24, 2.45) is 0 Å². The molecular weight excluding hydrogens is 363 g/mol. The lowest BCUT2D eigenvalue weighted by atomic mass is 10.2. The van der Waals surface area contributed by atoms with Crippen LogP contribution in [0.2, 0.25) is 0 Å². The molecule has 7 nitrogen and oxygen atoms in total. The van der Waals surface area contributed by atoms with Gasteiger partial charge in [-0.15, -0.1) is 0 Å². The Kier molecular flexibility index (Phi) is 5.91. The summed E-state index contributed by atoms with van der Waals surface area (Å²) in [6.45, 7) is 2.05. The zero-order valence-electron chi connectivity index (χ0n) is 15.0. The van der Waals surface area contributed by atoms with Crippen molar-refractivity contribution < 1.29 is 18.7 Å². The normalized spacial score (nSPS) is 10.2. The summed E-state index contributed by atoms with van der Waals surface area (Å²) in [4.78, 5) is 32.0. The van der Waals surface area contributed by atoms with Crippen molar-refractivity contribution in [3.8, 4) is 0 Å². The van der Waals surface area contributed by atoms with Crippen LogP contribution in [0.15, 0.2) is 60.9 Å². The number of hydrogen-bond acceptors (Lipinski definition) is 6. The lowest BCUT2D eigenvalue weighted by molar-refractivity contribution is 0.0526. The highest BCUT2D eigenvalue weighted by atomic mass is 19.1. The SMILES string of the molecule is CCOC(=O)c1ccc(Nc2cc(C(=O)Nc3cccc(F)c3)ncn2)cc1. The molecule has 2 aromatic carbocycles. The Morgan fingerprint density at radius 1 is 1.04 bits per heavy atom. The predicted octanol–water partition coefficient (Wildman–Crippen LogP) is 3.79. The van der Waals surface area contributed by atoms with Crippen molar-refractivity contribution in [3.05, 3.63) is 78.0 Å². The Balaban J connectivity index is 1.69. The molecule has 0 radical (unpaired) electrons. The van der Waals surface area contributed by atoms with E-state index in [0.717, 1.165) is 0 Å². The van der Waals surface area contributed by atoms with Gasteiger partial charge in [-0.05, 0) is 49.4 Å². The molecule has 0 fully saturated rings. The van der Waals surface area contributed by atoms with Crippen LogP contribution in [0.5, 0.6) is 0 Å². The smallest absolute Gasteiger partial charge is 0.338 e. The lowest BCUT2D eigenvalue weighted by Crippen LogP contribution is -2.14. The fourth-order valence-corrected chi connectivity index (χ4v) is 2.36. The number of halogens is 1. The molecule has 0 aliphatic carbocycles. The number of hydrogen-bond donors (Lipinski definition) is 2. The standard InChI is InChI=1S/C20H17FN4O3/c1-2-28-20(27)13-6-8-15(9-7-13)24-18-11-17(22-12-23-18)19(26)25-16-5-3-4-14(21)10-16/h3-12H,2H2,1H3,(H,25,26)(H,22,23,24). The fraction of sp³-hybridized carbons (Fsp3) is 0.100. The van der Waals surface area contributed by atoms with Crippen LogP contribution < -0.4 is 10.6 Å². The largest absolute Gasteiger partial charge is 0.462 e. The third-order valence-electron chi connectivity index (χ3n) is 3.65. The first kappa shape index (κ1) is 19.0. The molecule has 3 rings (SSSR count). The second kappa shape index (κ2) is 8.72. The summed E-state index contributed by atoms with van der Waals surface area (Å²) >= 11 is 0. The van der Waals surface area contributed by atoms with Gasteiger partial charge in [0.1, 0.15) is 23.7 Å². The molecule has 0 saturated carbocycles. The number of nitrogens with one attached hydrogen (secondary N) is 2. The van der Waals surface area contributed by atoms with Crippen molar-refractivity contribution in [1.29, 1.82) is 0 Å². The predicted molar refractivity (Wildman–Crippen MR) is 102 cm³/mol. The number of aromatic nitrogens is 2. The van der Waals surface area contributed by atoms with Crippen molar-refractivity contribution in [2.75, 3.05) is 17.2 Å². The summed E-state index contributed by atoms with van der Waals surface area (Å²) in [6.07, 6.45) is 1.25. The first-order valence-electron chi connectivity index (χ1n) is 8.48.